The summed E-state index contributed by atoms with van der Waals surface area (Å²) in [6.45, 7) is 5.58. The molecule has 0 heterocycles. The van der Waals surface area contributed by atoms with Gasteiger partial charge in [0.25, 0.3) is 0 Å². The number of ether oxygens (including phenoxy) is 1. The molecule has 3 atom stereocenters. The molecule has 226 valence electrons. The number of hydrogen-bond donors (Lipinski definition) is 6. The summed E-state index contributed by atoms with van der Waals surface area (Å²) < 4.78 is 5.48. The summed E-state index contributed by atoms with van der Waals surface area (Å²) >= 11 is 0. The summed E-state index contributed by atoms with van der Waals surface area (Å²) in [5.41, 5.74) is 12.2. The molecule has 2 aromatic carbocycles. The van der Waals surface area contributed by atoms with Crippen LogP contribution < -0.4 is 32.2 Å². The van der Waals surface area contributed by atoms with E-state index in [1.54, 1.807) is 54.6 Å². The SMILES string of the molecule is C=CCOc1ccc(C[C@H](NC(C)=O)C(=O)N[C@@H](CCCCN=C(N)N)C(=O)N[C@@H](Cc2ccccc2)C(=O)O)cc1. The van der Waals surface area contributed by atoms with Crippen LogP contribution in [0.25, 0.3) is 0 Å². The minimum Gasteiger partial charge on any atom is -0.490 e. The number of unbranched alkanes of at least 4 members (excludes halogenated alkanes) is 1. The predicted molar refractivity (Wildman–Crippen MR) is 160 cm³/mol. The summed E-state index contributed by atoms with van der Waals surface area (Å²) in [6, 6.07) is 12.7. The van der Waals surface area contributed by atoms with Crippen LogP contribution in [0.4, 0.5) is 0 Å². The van der Waals surface area contributed by atoms with Gasteiger partial charge in [0.15, 0.2) is 5.96 Å². The largest absolute Gasteiger partial charge is 0.490 e. The molecule has 0 saturated carbocycles. The molecule has 0 spiro atoms. The zero-order valence-corrected chi connectivity index (χ0v) is 23.8. The van der Waals surface area contributed by atoms with Crippen molar-refractivity contribution in [3.05, 3.63) is 78.4 Å². The molecule has 0 bridgehead atoms. The number of carbonyl (C=O) groups excluding carboxylic acids is 3. The molecular formula is C30H40N6O6. The van der Waals surface area contributed by atoms with Gasteiger partial charge in [-0.2, -0.15) is 0 Å². The lowest BCUT2D eigenvalue weighted by Crippen LogP contribution is -2.56. The number of benzene rings is 2. The van der Waals surface area contributed by atoms with Crippen molar-refractivity contribution < 1.29 is 29.0 Å². The molecule has 0 radical (unpaired) electrons. The first-order valence-electron chi connectivity index (χ1n) is 13.6. The molecule has 3 amide bonds. The van der Waals surface area contributed by atoms with Crippen LogP contribution in [-0.2, 0) is 32.0 Å². The second-order valence-electron chi connectivity index (χ2n) is 9.65. The number of aliphatic carboxylic acids is 1. The number of rotatable bonds is 18. The Kier molecular flexibility index (Phi) is 14.1. The Bertz CT molecular complexity index is 1210. The van der Waals surface area contributed by atoms with Crippen molar-refractivity contribution >= 4 is 29.7 Å². The van der Waals surface area contributed by atoms with Gasteiger partial charge in [-0.25, -0.2) is 4.79 Å². The van der Waals surface area contributed by atoms with Gasteiger partial charge < -0.3 is 37.3 Å². The molecule has 0 saturated heterocycles. The van der Waals surface area contributed by atoms with Gasteiger partial charge in [-0.05, 0) is 42.5 Å². The van der Waals surface area contributed by atoms with Crippen molar-refractivity contribution in [1.82, 2.24) is 16.0 Å². The molecule has 2 rings (SSSR count). The molecular weight excluding hydrogens is 540 g/mol. The van der Waals surface area contributed by atoms with Crippen LogP contribution in [0.1, 0.15) is 37.3 Å². The Morgan fingerprint density at radius 1 is 0.881 bits per heavy atom. The zero-order valence-electron chi connectivity index (χ0n) is 23.8. The van der Waals surface area contributed by atoms with E-state index >= 15 is 0 Å². The van der Waals surface area contributed by atoms with Crippen molar-refractivity contribution in [2.45, 2.75) is 57.2 Å². The third-order valence-electron chi connectivity index (χ3n) is 6.15. The van der Waals surface area contributed by atoms with Crippen LogP contribution in [0, 0.1) is 0 Å². The monoisotopic (exact) mass is 580 g/mol. The van der Waals surface area contributed by atoms with Crippen LogP contribution in [-0.4, -0.2) is 66.0 Å². The second-order valence-corrected chi connectivity index (χ2v) is 9.65. The number of amides is 3. The Labute approximate surface area is 245 Å². The van der Waals surface area contributed by atoms with Crippen LogP contribution in [0.5, 0.6) is 5.75 Å². The van der Waals surface area contributed by atoms with Crippen LogP contribution in [0.3, 0.4) is 0 Å². The van der Waals surface area contributed by atoms with Gasteiger partial charge in [0.1, 0.15) is 30.5 Å². The molecule has 8 N–H and O–H groups in total. The van der Waals surface area contributed by atoms with E-state index in [9.17, 15) is 24.3 Å². The summed E-state index contributed by atoms with van der Waals surface area (Å²) in [4.78, 5) is 54.5. The molecule has 0 aliphatic rings. The van der Waals surface area contributed by atoms with Crippen LogP contribution in [0.2, 0.25) is 0 Å². The number of carbonyl (C=O) groups is 4. The molecule has 0 aromatic heterocycles. The summed E-state index contributed by atoms with van der Waals surface area (Å²) in [6.07, 6.45) is 3.02. The molecule has 0 aliphatic carbocycles. The normalized spacial score (nSPS) is 12.6. The number of guanidine groups is 1. The minimum atomic E-state index is -1.21. The number of carboxylic acids is 1. The van der Waals surface area contributed by atoms with Gasteiger partial charge >= 0.3 is 5.97 Å². The van der Waals surface area contributed by atoms with E-state index in [4.69, 9.17) is 16.2 Å². The average Bonchev–Trinajstić information content (AvgIpc) is 2.95. The average molecular weight is 581 g/mol. The van der Waals surface area contributed by atoms with Gasteiger partial charge in [-0.15, -0.1) is 0 Å². The number of nitrogens with two attached hydrogens (primary N) is 2. The minimum absolute atomic E-state index is 0.0544. The highest BCUT2D eigenvalue weighted by Gasteiger charge is 2.29. The predicted octanol–water partition coefficient (Wildman–Crippen LogP) is 1.04. The topological polar surface area (TPSA) is 198 Å². The van der Waals surface area contributed by atoms with E-state index < -0.39 is 41.8 Å². The molecule has 42 heavy (non-hydrogen) atoms. The van der Waals surface area contributed by atoms with Gasteiger partial charge in [0.05, 0.1) is 0 Å². The summed E-state index contributed by atoms with van der Waals surface area (Å²) in [5.74, 6) is -2.30. The third kappa shape index (κ3) is 12.5. The van der Waals surface area contributed by atoms with Crippen molar-refractivity contribution in [1.29, 1.82) is 0 Å². The molecule has 0 aliphatic heterocycles. The van der Waals surface area contributed by atoms with Crippen molar-refractivity contribution in [2.75, 3.05) is 13.2 Å². The highest BCUT2D eigenvalue weighted by atomic mass is 16.5. The number of nitrogens with one attached hydrogen (secondary N) is 3. The fourth-order valence-corrected chi connectivity index (χ4v) is 4.10. The fraction of sp³-hybridized carbons (Fsp3) is 0.367. The van der Waals surface area contributed by atoms with E-state index in [1.807, 2.05) is 6.07 Å². The number of carboxylic acid groups (broad SMARTS) is 1. The lowest BCUT2D eigenvalue weighted by Gasteiger charge is -2.24. The molecule has 12 nitrogen and oxygen atoms in total. The highest BCUT2D eigenvalue weighted by Crippen LogP contribution is 2.14. The third-order valence-corrected chi connectivity index (χ3v) is 6.15. The van der Waals surface area contributed by atoms with Crippen LogP contribution >= 0.6 is 0 Å². The van der Waals surface area contributed by atoms with Gasteiger partial charge in [-0.3, -0.25) is 19.4 Å². The van der Waals surface area contributed by atoms with E-state index in [0.717, 1.165) is 11.1 Å². The lowest BCUT2D eigenvalue weighted by molar-refractivity contribution is -0.142. The van der Waals surface area contributed by atoms with Gasteiger partial charge in [0.2, 0.25) is 17.7 Å². The zero-order chi connectivity index (χ0) is 30.9. The van der Waals surface area contributed by atoms with Crippen molar-refractivity contribution in [3.8, 4) is 5.75 Å². The maximum atomic E-state index is 13.4. The molecule has 12 heteroatoms. The highest BCUT2D eigenvalue weighted by molar-refractivity contribution is 5.93. The Morgan fingerprint density at radius 2 is 1.48 bits per heavy atom. The van der Waals surface area contributed by atoms with E-state index in [1.165, 1.54) is 6.92 Å². The number of hydrogen-bond acceptors (Lipinski definition) is 6. The first kappa shape index (κ1) is 33.3. The quantitative estimate of drug-likeness (QED) is 0.0650. The maximum absolute atomic E-state index is 13.4. The molecule has 0 fully saturated rings. The number of aliphatic imine (C=N–C) groups is 1. The standard InChI is InChI=1S/C30H40N6O6/c1-3-17-42-23-14-12-22(13-15-23)18-25(34-20(2)37)28(39)35-24(11-7-8-16-33-30(31)32)27(38)36-26(29(40)41)19-21-9-5-4-6-10-21/h3-6,9-10,12-15,24-26H,1,7-8,11,16-19H2,2H3,(H,34,37)(H,35,39)(H,36,38)(H,40,41)(H4,31,32,33)/t24-,25-,26-/m0/s1. The smallest absolute Gasteiger partial charge is 0.326 e. The van der Waals surface area contributed by atoms with E-state index in [-0.39, 0.29) is 25.2 Å². The maximum Gasteiger partial charge on any atom is 0.326 e. The second kappa shape index (κ2) is 17.7. The Morgan fingerprint density at radius 3 is 2.07 bits per heavy atom. The first-order valence-corrected chi connectivity index (χ1v) is 13.6. The number of nitrogens with zero attached hydrogens (tertiary/aromatic N) is 1. The molecule has 0 unspecified atom stereocenters. The first-order chi connectivity index (χ1) is 20.1. The summed E-state index contributed by atoms with van der Waals surface area (Å²) in [7, 11) is 0. The Hall–Kier alpha value is -4.87. The van der Waals surface area contributed by atoms with Crippen molar-refractivity contribution in [2.24, 2.45) is 16.5 Å². The molecule has 2 aromatic rings. The van der Waals surface area contributed by atoms with Crippen molar-refractivity contribution in [3.63, 3.8) is 0 Å². The van der Waals surface area contributed by atoms with Gasteiger partial charge in [0, 0.05) is 26.3 Å². The van der Waals surface area contributed by atoms with E-state index in [2.05, 4.69) is 27.5 Å². The fourth-order valence-electron chi connectivity index (χ4n) is 4.10. The lowest BCUT2D eigenvalue weighted by atomic mass is 10.0. The van der Waals surface area contributed by atoms with Crippen LogP contribution in [0.15, 0.2) is 72.2 Å². The van der Waals surface area contributed by atoms with E-state index in [0.29, 0.717) is 31.7 Å². The Balaban J connectivity index is 2.18. The summed E-state index contributed by atoms with van der Waals surface area (Å²) in [5, 5.41) is 17.7. The van der Waals surface area contributed by atoms with Gasteiger partial charge in [-0.1, -0.05) is 55.1 Å².